The molecule has 2 aromatic carbocycles. The summed E-state index contributed by atoms with van der Waals surface area (Å²) in [5.41, 5.74) is 1.97. The van der Waals surface area contributed by atoms with Gasteiger partial charge in [0.25, 0.3) is 0 Å². The van der Waals surface area contributed by atoms with E-state index in [1.54, 1.807) is 0 Å². The largest absolute Gasteiger partial charge is 0.354 e. The molecule has 142 valence electrons. The summed E-state index contributed by atoms with van der Waals surface area (Å²) in [6.45, 7) is 2.79. The number of nitrogens with one attached hydrogen (secondary N) is 1. The van der Waals surface area contributed by atoms with Gasteiger partial charge in [-0.3, -0.25) is 14.5 Å². The molecule has 4 heteroatoms. The second-order valence-electron chi connectivity index (χ2n) is 7.12. The normalized spacial score (nSPS) is 15.4. The quantitative estimate of drug-likeness (QED) is 0.685. The maximum absolute atomic E-state index is 12.3. The predicted octanol–water partition coefficient (Wildman–Crippen LogP) is 3.99. The molecule has 1 saturated heterocycles. The number of carbonyl (C=O) groups excluding carboxylic acids is 2. The van der Waals surface area contributed by atoms with Gasteiger partial charge < -0.3 is 5.32 Å². The molecule has 1 unspecified atom stereocenters. The molecule has 2 aromatic rings. The Morgan fingerprint density at radius 3 is 2.19 bits per heavy atom. The Hall–Kier alpha value is -2.46. The zero-order chi connectivity index (χ0) is 18.9. The molecule has 1 fully saturated rings. The third-order valence-corrected chi connectivity index (χ3v) is 5.16. The van der Waals surface area contributed by atoms with Gasteiger partial charge in [0.15, 0.2) is 5.78 Å². The van der Waals surface area contributed by atoms with Gasteiger partial charge in [0.1, 0.15) is 0 Å². The lowest BCUT2D eigenvalue weighted by atomic mass is 10.0. The predicted molar refractivity (Wildman–Crippen MR) is 108 cm³/mol. The Balaban J connectivity index is 1.46. The molecule has 1 amide bonds. The van der Waals surface area contributed by atoms with E-state index < -0.39 is 0 Å². The first-order valence-electron chi connectivity index (χ1n) is 9.88. The van der Waals surface area contributed by atoms with E-state index >= 15 is 0 Å². The van der Waals surface area contributed by atoms with Gasteiger partial charge in [-0.15, -0.1) is 0 Å². The molecule has 0 radical (unpaired) electrons. The first kappa shape index (κ1) is 19.3. The molecule has 0 bridgehead atoms. The van der Waals surface area contributed by atoms with E-state index in [1.807, 2.05) is 36.4 Å². The van der Waals surface area contributed by atoms with Crippen molar-refractivity contribution >= 4 is 11.7 Å². The van der Waals surface area contributed by atoms with E-state index in [9.17, 15) is 9.59 Å². The minimum Gasteiger partial charge on any atom is -0.354 e. The average molecular weight is 364 g/mol. The van der Waals surface area contributed by atoms with Crippen molar-refractivity contribution in [3.63, 3.8) is 0 Å². The van der Waals surface area contributed by atoms with E-state index in [2.05, 4.69) is 34.5 Å². The Bertz CT molecular complexity index is 725. The van der Waals surface area contributed by atoms with Crippen molar-refractivity contribution in [2.45, 2.75) is 38.1 Å². The van der Waals surface area contributed by atoms with E-state index in [-0.39, 0.29) is 17.7 Å². The standard InChI is InChI=1S/C23H28N2O2/c26-22(20-12-5-2-6-13-20)14-9-15-23(27)24-18-21(25-16-7-8-17-25)19-10-3-1-4-11-19/h1-6,10-13,21H,7-9,14-18H2,(H,24,27). The van der Waals surface area contributed by atoms with E-state index in [0.717, 1.165) is 18.7 Å². The highest BCUT2D eigenvalue weighted by Gasteiger charge is 2.23. The number of Topliss-reactive ketones (excluding diaryl/α,β-unsaturated/α-hetero) is 1. The molecule has 1 heterocycles. The number of benzene rings is 2. The van der Waals surface area contributed by atoms with Gasteiger partial charge >= 0.3 is 0 Å². The van der Waals surface area contributed by atoms with Crippen molar-refractivity contribution in [1.29, 1.82) is 0 Å². The fraction of sp³-hybridized carbons (Fsp3) is 0.391. The minimum atomic E-state index is 0.0241. The third kappa shape index (κ3) is 5.76. The maximum atomic E-state index is 12.3. The van der Waals surface area contributed by atoms with Crippen LogP contribution < -0.4 is 5.32 Å². The van der Waals surface area contributed by atoms with Gasteiger partial charge in [0.05, 0.1) is 6.04 Å². The summed E-state index contributed by atoms with van der Waals surface area (Å²) >= 11 is 0. The topological polar surface area (TPSA) is 49.4 Å². The summed E-state index contributed by atoms with van der Waals surface area (Å²) in [6, 6.07) is 19.9. The van der Waals surface area contributed by atoms with Crippen molar-refractivity contribution in [2.24, 2.45) is 0 Å². The van der Waals surface area contributed by atoms with Crippen LogP contribution in [0.4, 0.5) is 0 Å². The van der Waals surface area contributed by atoms with E-state index in [1.165, 1.54) is 18.4 Å². The van der Waals surface area contributed by atoms with Crippen molar-refractivity contribution < 1.29 is 9.59 Å². The number of rotatable bonds is 9. The van der Waals surface area contributed by atoms with E-state index in [0.29, 0.717) is 25.8 Å². The number of nitrogens with zero attached hydrogens (tertiary/aromatic N) is 1. The third-order valence-electron chi connectivity index (χ3n) is 5.16. The summed E-state index contributed by atoms with van der Waals surface area (Å²) in [4.78, 5) is 26.8. The van der Waals surface area contributed by atoms with Gasteiger partial charge in [-0.25, -0.2) is 0 Å². The molecule has 1 N–H and O–H groups in total. The van der Waals surface area contributed by atoms with Gasteiger partial charge in [-0.1, -0.05) is 60.7 Å². The molecule has 1 aliphatic rings. The first-order chi connectivity index (χ1) is 13.2. The number of likely N-dealkylation sites (tertiary alicyclic amines) is 1. The highest BCUT2D eigenvalue weighted by Crippen LogP contribution is 2.24. The highest BCUT2D eigenvalue weighted by molar-refractivity contribution is 5.96. The van der Waals surface area contributed by atoms with Crippen molar-refractivity contribution in [3.8, 4) is 0 Å². The van der Waals surface area contributed by atoms with Crippen LogP contribution in [0.25, 0.3) is 0 Å². The van der Waals surface area contributed by atoms with Gasteiger partial charge in [0, 0.05) is 24.9 Å². The summed E-state index contributed by atoms with van der Waals surface area (Å²) in [7, 11) is 0. The molecule has 1 aliphatic heterocycles. The van der Waals surface area contributed by atoms with Crippen molar-refractivity contribution in [3.05, 3.63) is 71.8 Å². The zero-order valence-electron chi connectivity index (χ0n) is 15.8. The molecule has 0 aromatic heterocycles. The van der Waals surface area contributed by atoms with Crippen LogP contribution in [-0.4, -0.2) is 36.2 Å². The Morgan fingerprint density at radius 1 is 0.889 bits per heavy atom. The Labute approximate surface area is 161 Å². The van der Waals surface area contributed by atoms with Crippen LogP contribution in [0.1, 0.15) is 54.1 Å². The molecule has 27 heavy (non-hydrogen) atoms. The second-order valence-corrected chi connectivity index (χ2v) is 7.12. The summed E-state index contributed by atoms with van der Waals surface area (Å²) in [5, 5.41) is 3.08. The lowest BCUT2D eigenvalue weighted by Gasteiger charge is -2.28. The van der Waals surface area contributed by atoms with Crippen LogP contribution in [0, 0.1) is 0 Å². The molecule has 1 atom stereocenters. The van der Waals surface area contributed by atoms with Gasteiger partial charge in [0.2, 0.25) is 5.91 Å². The molecule has 0 saturated carbocycles. The lowest BCUT2D eigenvalue weighted by molar-refractivity contribution is -0.121. The van der Waals surface area contributed by atoms with Crippen LogP contribution in [0.5, 0.6) is 0 Å². The van der Waals surface area contributed by atoms with Gasteiger partial charge in [-0.2, -0.15) is 0 Å². The summed E-state index contributed by atoms with van der Waals surface area (Å²) < 4.78 is 0. The van der Waals surface area contributed by atoms with Crippen LogP contribution >= 0.6 is 0 Å². The number of carbonyl (C=O) groups is 2. The van der Waals surface area contributed by atoms with Gasteiger partial charge in [-0.05, 0) is 37.9 Å². The van der Waals surface area contributed by atoms with Crippen molar-refractivity contribution in [2.75, 3.05) is 19.6 Å². The number of hydrogen-bond donors (Lipinski definition) is 1. The Morgan fingerprint density at radius 2 is 1.52 bits per heavy atom. The minimum absolute atomic E-state index is 0.0241. The van der Waals surface area contributed by atoms with Crippen LogP contribution in [0.2, 0.25) is 0 Å². The maximum Gasteiger partial charge on any atom is 0.220 e. The lowest BCUT2D eigenvalue weighted by Crippen LogP contribution is -2.36. The number of ketones is 1. The second kappa shape index (κ2) is 10.0. The van der Waals surface area contributed by atoms with Crippen molar-refractivity contribution in [1.82, 2.24) is 10.2 Å². The number of hydrogen-bond acceptors (Lipinski definition) is 3. The zero-order valence-corrected chi connectivity index (χ0v) is 15.8. The Kier molecular flexibility index (Phi) is 7.17. The molecular weight excluding hydrogens is 336 g/mol. The van der Waals surface area contributed by atoms with Crippen LogP contribution in [0.3, 0.4) is 0 Å². The fourth-order valence-corrected chi connectivity index (χ4v) is 3.66. The molecular formula is C23H28N2O2. The number of amides is 1. The monoisotopic (exact) mass is 364 g/mol. The highest BCUT2D eigenvalue weighted by atomic mass is 16.1. The SMILES string of the molecule is O=C(CCCC(=O)c1ccccc1)NCC(c1ccccc1)N1CCCC1. The van der Waals surface area contributed by atoms with Crippen LogP contribution in [-0.2, 0) is 4.79 Å². The fourth-order valence-electron chi connectivity index (χ4n) is 3.66. The van der Waals surface area contributed by atoms with Crippen LogP contribution in [0.15, 0.2) is 60.7 Å². The average Bonchev–Trinajstić information content (AvgIpc) is 3.24. The molecule has 0 spiro atoms. The molecule has 3 rings (SSSR count). The molecule has 4 nitrogen and oxygen atoms in total. The molecule has 0 aliphatic carbocycles. The summed E-state index contributed by atoms with van der Waals surface area (Å²) in [5.74, 6) is 0.124. The van der Waals surface area contributed by atoms with E-state index in [4.69, 9.17) is 0 Å². The summed E-state index contributed by atoms with van der Waals surface area (Å²) in [6.07, 6.45) is 3.82. The first-order valence-corrected chi connectivity index (χ1v) is 9.88. The smallest absolute Gasteiger partial charge is 0.220 e.